The van der Waals surface area contributed by atoms with Crippen LogP contribution in [0, 0.1) is 6.92 Å². The molecule has 0 bridgehead atoms. The summed E-state index contributed by atoms with van der Waals surface area (Å²) >= 11 is 0. The standard InChI is InChI=1S/C32H29F3N8O4/c1-19-27(16-37-31(38-19)46-2)23-9-7-22(8-10-23)17-43-18-29(47-42-43)41-30(45)40-26-13-24(32(33,34)35)12-25(14-26)39-28(44)11-20-3-5-21(15-36)6-4-20/h3-10,12-14,16,18H,11,15,17,36H2,1-2H3,(H2-,39,40,41,42,44,45). The lowest BCUT2D eigenvalue weighted by molar-refractivity contribution is -0.754. The van der Waals surface area contributed by atoms with Crippen molar-refractivity contribution in [2.45, 2.75) is 32.6 Å². The second kappa shape index (κ2) is 14.1. The molecule has 0 unspecified atom stereocenters. The number of aryl methyl sites for hydroxylation is 1. The fourth-order valence-corrected chi connectivity index (χ4v) is 4.57. The van der Waals surface area contributed by atoms with Crippen molar-refractivity contribution < 1.29 is 36.7 Å². The van der Waals surface area contributed by atoms with Crippen LogP contribution in [-0.2, 0) is 30.5 Å². The Hall–Kier alpha value is -5.83. The zero-order chi connectivity index (χ0) is 33.6. The second-order valence-corrected chi connectivity index (χ2v) is 10.4. The summed E-state index contributed by atoms with van der Waals surface area (Å²) in [6, 6.07) is 16.5. The average molecular weight is 647 g/mol. The number of ether oxygens (including phenoxy) is 1. The first-order valence-electron chi connectivity index (χ1n) is 14.1. The van der Waals surface area contributed by atoms with Crippen molar-refractivity contribution in [3.63, 3.8) is 0 Å². The number of methoxy groups -OCH3 is 1. The molecule has 2 heterocycles. The Morgan fingerprint density at radius 1 is 0.979 bits per heavy atom. The number of alkyl halides is 3. The minimum atomic E-state index is -4.74. The molecule has 0 aliphatic heterocycles. The van der Waals surface area contributed by atoms with Gasteiger partial charge in [-0.1, -0.05) is 48.5 Å². The summed E-state index contributed by atoms with van der Waals surface area (Å²) < 4.78 is 52.5. The van der Waals surface area contributed by atoms with Gasteiger partial charge in [-0.15, -0.1) is 0 Å². The predicted octanol–water partition coefficient (Wildman–Crippen LogP) is 5.68. The number of urea groups is 1. The maximum absolute atomic E-state index is 13.6. The number of aromatic nitrogens is 4. The Balaban J connectivity index is 1.21. The number of anilines is 2. The number of nitrogens with one attached hydrogen (secondary N) is 2. The first kappa shape index (κ1) is 32.6. The molecule has 0 aliphatic rings. The normalized spacial score (nSPS) is 11.2. The average Bonchev–Trinajstić information content (AvgIpc) is 3.47. The molecule has 242 valence electrons. The smallest absolute Gasteiger partial charge is 0.416 e. The highest BCUT2D eigenvalue weighted by Crippen LogP contribution is 2.34. The van der Waals surface area contributed by atoms with E-state index in [2.05, 4.69) is 31.2 Å². The third-order valence-electron chi connectivity index (χ3n) is 6.88. The van der Waals surface area contributed by atoms with Crippen molar-refractivity contribution >= 4 is 29.2 Å². The SMILES string of the molecule is COc1ncc(-c2ccc(C[n+]3cc([N-]C(=O)Nc4cc(NC(=O)Cc5ccc(CN)cc5)cc(C(F)(F)F)c4)on3)cc2)c(C)n1. The molecule has 3 amide bonds. The van der Waals surface area contributed by atoms with Crippen LogP contribution >= 0.6 is 0 Å². The molecule has 2 aromatic heterocycles. The van der Waals surface area contributed by atoms with Crippen molar-refractivity contribution in [1.82, 2.24) is 15.2 Å². The number of nitrogens with two attached hydrogens (primary N) is 1. The molecule has 0 spiro atoms. The van der Waals surface area contributed by atoms with Crippen molar-refractivity contribution in [2.75, 3.05) is 17.7 Å². The number of benzene rings is 3. The minimum Gasteiger partial charge on any atom is -0.467 e. The number of carbonyl (C=O) groups excluding carboxylic acids is 2. The number of carbonyl (C=O) groups is 2. The van der Waals surface area contributed by atoms with Crippen LogP contribution in [0.2, 0.25) is 0 Å². The molecular weight excluding hydrogens is 617 g/mol. The molecule has 15 heteroatoms. The Morgan fingerprint density at radius 3 is 2.28 bits per heavy atom. The van der Waals surface area contributed by atoms with Gasteiger partial charge >= 0.3 is 12.2 Å². The van der Waals surface area contributed by atoms with Gasteiger partial charge in [0.25, 0.3) is 0 Å². The van der Waals surface area contributed by atoms with E-state index < -0.39 is 23.7 Å². The van der Waals surface area contributed by atoms with Gasteiger partial charge in [-0.25, -0.2) is 4.98 Å². The van der Waals surface area contributed by atoms with Crippen LogP contribution in [0.25, 0.3) is 16.4 Å². The number of hydrogen-bond donors (Lipinski definition) is 3. The summed E-state index contributed by atoms with van der Waals surface area (Å²) in [6.45, 7) is 2.48. The van der Waals surface area contributed by atoms with Crippen molar-refractivity contribution in [2.24, 2.45) is 5.73 Å². The Labute approximate surface area is 266 Å². The molecular formula is C32H29F3N8O4. The van der Waals surface area contributed by atoms with Gasteiger partial charge in [-0.3, -0.25) is 9.59 Å². The predicted molar refractivity (Wildman–Crippen MR) is 165 cm³/mol. The summed E-state index contributed by atoms with van der Waals surface area (Å²) in [4.78, 5) is 33.6. The number of nitrogens with zero attached hydrogens (tertiary/aromatic N) is 5. The Bertz CT molecular complexity index is 1880. The maximum atomic E-state index is 13.6. The summed E-state index contributed by atoms with van der Waals surface area (Å²) in [7, 11) is 1.50. The largest absolute Gasteiger partial charge is 0.467 e. The lowest BCUT2D eigenvalue weighted by Crippen LogP contribution is -2.35. The third-order valence-corrected chi connectivity index (χ3v) is 6.88. The van der Waals surface area contributed by atoms with Crippen LogP contribution in [0.3, 0.4) is 0 Å². The van der Waals surface area contributed by atoms with Gasteiger partial charge in [-0.05, 0) is 52.2 Å². The van der Waals surface area contributed by atoms with Gasteiger partial charge in [0.05, 0.1) is 24.8 Å². The van der Waals surface area contributed by atoms with Gasteiger partial charge in [0.1, 0.15) is 0 Å². The van der Waals surface area contributed by atoms with Gasteiger partial charge in [-0.2, -0.15) is 18.2 Å². The summed E-state index contributed by atoms with van der Waals surface area (Å²) in [5, 5.41) is 12.3. The maximum Gasteiger partial charge on any atom is 0.416 e. The number of rotatable bonds is 10. The fraction of sp³-hybridized carbons (Fsp3) is 0.188. The van der Waals surface area contributed by atoms with E-state index in [0.717, 1.165) is 40.1 Å². The second-order valence-electron chi connectivity index (χ2n) is 10.4. The molecule has 5 aromatic rings. The van der Waals surface area contributed by atoms with Gasteiger partial charge < -0.3 is 30.9 Å². The van der Waals surface area contributed by atoms with Crippen LogP contribution < -0.4 is 25.8 Å². The molecule has 0 aliphatic carbocycles. The van der Waals surface area contributed by atoms with Crippen molar-refractivity contribution in [3.05, 3.63) is 112 Å². The molecule has 0 saturated heterocycles. The molecule has 0 fully saturated rings. The number of amides is 3. The topological polar surface area (TPSA) is 163 Å². The zero-order valence-corrected chi connectivity index (χ0v) is 25.2. The van der Waals surface area contributed by atoms with E-state index in [1.54, 1.807) is 30.5 Å². The number of hydrogen-bond acceptors (Lipinski definition) is 8. The molecule has 5 rings (SSSR count). The summed E-state index contributed by atoms with van der Waals surface area (Å²) in [5.41, 5.74) is 9.02. The fourth-order valence-electron chi connectivity index (χ4n) is 4.57. The van der Waals surface area contributed by atoms with E-state index in [1.807, 2.05) is 31.2 Å². The van der Waals surface area contributed by atoms with Crippen molar-refractivity contribution in [1.29, 1.82) is 0 Å². The first-order chi connectivity index (χ1) is 22.5. The van der Waals surface area contributed by atoms with Gasteiger partial charge in [0.2, 0.25) is 24.5 Å². The van der Waals surface area contributed by atoms with Crippen LogP contribution in [0.4, 0.5) is 35.2 Å². The molecule has 0 atom stereocenters. The van der Waals surface area contributed by atoms with Gasteiger partial charge in [0.15, 0.2) is 11.3 Å². The van der Waals surface area contributed by atoms with Crippen molar-refractivity contribution in [3.8, 4) is 17.1 Å². The highest BCUT2D eigenvalue weighted by molar-refractivity contribution is 6.04. The van der Waals surface area contributed by atoms with E-state index in [-0.39, 0.29) is 36.2 Å². The molecule has 4 N–H and O–H groups in total. The Morgan fingerprint density at radius 2 is 1.64 bits per heavy atom. The molecule has 12 nitrogen and oxygen atoms in total. The number of halogens is 3. The van der Waals surface area contributed by atoms with E-state index in [4.69, 9.17) is 15.0 Å². The van der Waals surface area contributed by atoms with Crippen LogP contribution in [-0.4, -0.2) is 34.3 Å². The molecule has 47 heavy (non-hydrogen) atoms. The summed E-state index contributed by atoms with van der Waals surface area (Å²) in [6.07, 6.45) is -1.77. The van der Waals surface area contributed by atoms with Gasteiger partial charge in [0, 0.05) is 29.6 Å². The van der Waals surface area contributed by atoms with E-state index in [0.29, 0.717) is 12.1 Å². The minimum absolute atomic E-state index is 0.0783. The van der Waals surface area contributed by atoms with Crippen LogP contribution in [0.15, 0.2) is 83.6 Å². The quantitative estimate of drug-likeness (QED) is 0.163. The zero-order valence-electron chi connectivity index (χ0n) is 25.2. The summed E-state index contributed by atoms with van der Waals surface area (Å²) in [5.74, 6) is -0.719. The van der Waals surface area contributed by atoms with E-state index in [9.17, 15) is 22.8 Å². The molecule has 0 radical (unpaired) electrons. The lowest BCUT2D eigenvalue weighted by atomic mass is 10.0. The lowest BCUT2D eigenvalue weighted by Gasteiger charge is -2.18. The van der Waals surface area contributed by atoms with E-state index >= 15 is 0 Å². The van der Waals surface area contributed by atoms with E-state index in [1.165, 1.54) is 24.1 Å². The molecule has 0 saturated carbocycles. The monoisotopic (exact) mass is 646 g/mol. The highest BCUT2D eigenvalue weighted by Gasteiger charge is 2.31. The van der Waals surface area contributed by atoms with Crippen LogP contribution in [0.5, 0.6) is 6.01 Å². The molecule has 3 aromatic carbocycles. The third kappa shape index (κ3) is 8.67. The van der Waals surface area contributed by atoms with Crippen LogP contribution in [0.1, 0.15) is 27.9 Å². The first-order valence-corrected chi connectivity index (χ1v) is 14.1. The Kier molecular flexibility index (Phi) is 9.75. The highest BCUT2D eigenvalue weighted by atomic mass is 19.4.